The zero-order valence-corrected chi connectivity index (χ0v) is 19.9. The van der Waals surface area contributed by atoms with Gasteiger partial charge in [-0.25, -0.2) is 4.57 Å². The standard InChI is InChI=1S/C13H31B10N5O3/c14-20(15)22(18)23(21(16)17)19-6-11(19)7-25-3-1-4-26(10-25)8-12(29)9-27-5-2-24-13(27)28(30)31/h2,5,11-12,29H,1,3-4,6-10,14-18H2. The van der Waals surface area contributed by atoms with Gasteiger partial charge in [0.15, 0.2) is 0 Å². The molecule has 2 unspecified atom stereocenters. The van der Waals surface area contributed by atoms with Crippen molar-refractivity contribution in [2.45, 2.75) is 31.2 Å². The molecule has 0 aromatic carbocycles. The van der Waals surface area contributed by atoms with Crippen molar-refractivity contribution in [3.63, 3.8) is 0 Å². The van der Waals surface area contributed by atoms with Crippen molar-refractivity contribution in [2.24, 2.45) is 0 Å². The fourth-order valence-corrected chi connectivity index (χ4v) is 5.66. The Bertz CT molecular complexity index is 745. The van der Waals surface area contributed by atoms with E-state index in [0.29, 0.717) is 6.54 Å². The number of rotatable bonds is 11. The van der Waals surface area contributed by atoms with Gasteiger partial charge in [0.2, 0.25) is 0 Å². The van der Waals surface area contributed by atoms with Crippen LogP contribution < -0.4 is 0 Å². The molecular formula is C13H31B10N5O3. The van der Waals surface area contributed by atoms with Gasteiger partial charge in [0.05, 0.1) is 64.6 Å². The zero-order valence-electron chi connectivity index (χ0n) is 19.9. The lowest BCUT2D eigenvalue weighted by Gasteiger charge is -2.37. The third-order valence-electron chi connectivity index (χ3n) is 7.47. The van der Waals surface area contributed by atoms with Crippen LogP contribution in [0.5, 0.6) is 0 Å². The van der Waals surface area contributed by atoms with Crippen molar-refractivity contribution in [1.29, 1.82) is 0 Å². The van der Waals surface area contributed by atoms with Crippen molar-refractivity contribution >= 4 is 76.8 Å². The quantitative estimate of drug-likeness (QED) is 0.221. The Hall–Kier alpha value is -0.861. The third-order valence-corrected chi connectivity index (χ3v) is 7.47. The van der Waals surface area contributed by atoms with Gasteiger partial charge in [0, 0.05) is 45.2 Å². The molecule has 0 spiro atoms. The van der Waals surface area contributed by atoms with Gasteiger partial charge in [-0.2, -0.15) is 0 Å². The van der Waals surface area contributed by atoms with Gasteiger partial charge in [-0.15, -0.1) is 0 Å². The van der Waals surface area contributed by atoms with E-state index in [9.17, 15) is 15.2 Å². The molecule has 0 radical (unpaired) electrons. The van der Waals surface area contributed by atoms with E-state index in [1.807, 2.05) is 0 Å². The molecule has 2 fully saturated rings. The lowest BCUT2D eigenvalue weighted by atomic mass is 8.57. The number of β-amino-alcohol motifs (C(OH)–C–C–N with tert-alkyl or cyclic N) is 1. The Morgan fingerprint density at radius 1 is 1.23 bits per heavy atom. The molecule has 3 rings (SSSR count). The summed E-state index contributed by atoms with van der Waals surface area (Å²) in [6, 6.07) is 0. The number of aliphatic hydroxyl groups is 1. The molecule has 0 saturated carbocycles. The van der Waals surface area contributed by atoms with Gasteiger partial charge < -0.3 is 15.2 Å². The average molecular weight is 414 g/mol. The van der Waals surface area contributed by atoms with Crippen LogP contribution in [0.2, 0.25) is 12.1 Å². The molecule has 31 heavy (non-hydrogen) atoms. The lowest BCUT2D eigenvalue weighted by Crippen LogP contribution is -2.63. The van der Waals surface area contributed by atoms with E-state index >= 15 is 0 Å². The summed E-state index contributed by atoms with van der Waals surface area (Å²) in [5.41, 5.74) is 0. The van der Waals surface area contributed by atoms with Gasteiger partial charge in [0.1, 0.15) is 12.4 Å². The Kier molecular flexibility index (Phi) is 8.66. The van der Waals surface area contributed by atoms with Crippen molar-refractivity contribution in [3.8, 4) is 0 Å². The minimum absolute atomic E-state index is 0.195. The highest BCUT2D eigenvalue weighted by Crippen LogP contribution is 2.40. The van der Waals surface area contributed by atoms with E-state index in [0.717, 1.165) is 70.7 Å². The van der Waals surface area contributed by atoms with Gasteiger partial charge in [-0.05, 0) is 17.9 Å². The van der Waals surface area contributed by atoms with Crippen molar-refractivity contribution in [2.75, 3.05) is 32.8 Å². The molecule has 1 aromatic rings. The van der Waals surface area contributed by atoms with E-state index in [-0.39, 0.29) is 12.5 Å². The largest absolute Gasteiger partial charge is 0.434 e. The van der Waals surface area contributed by atoms with Crippen LogP contribution in [0.15, 0.2) is 12.4 Å². The van der Waals surface area contributed by atoms with E-state index in [1.54, 1.807) is 6.20 Å². The molecule has 2 saturated heterocycles. The molecule has 0 amide bonds. The van der Waals surface area contributed by atoms with Gasteiger partial charge in [-0.1, -0.05) is 17.1 Å². The maximum Gasteiger partial charge on any atom is 0.434 e. The summed E-state index contributed by atoms with van der Waals surface area (Å²) in [5.74, 6) is 0.585. The smallest absolute Gasteiger partial charge is 0.390 e. The SMILES string of the molecule is BB(B)B(B)B(B(B)B)B1CC1CN1CCCN(CC(O)Cn2ccnc2[N+](=O)[O-])C1. The maximum atomic E-state index is 11.0. The van der Waals surface area contributed by atoms with E-state index in [1.165, 1.54) is 17.1 Å². The maximum absolute atomic E-state index is 11.0. The van der Waals surface area contributed by atoms with Crippen LogP contribution in [-0.4, -0.2) is 139 Å². The first-order valence-electron chi connectivity index (χ1n) is 12.0. The minimum Gasteiger partial charge on any atom is -0.390 e. The summed E-state index contributed by atoms with van der Waals surface area (Å²) in [4.78, 5) is 19.1. The number of nitro groups is 1. The van der Waals surface area contributed by atoms with Gasteiger partial charge in [-0.3, -0.25) is 9.80 Å². The average Bonchev–Trinajstić information content (AvgIpc) is 3.24. The van der Waals surface area contributed by atoms with E-state index in [4.69, 9.17) is 0 Å². The number of nitrogens with zero attached hydrogens (tertiary/aromatic N) is 5. The summed E-state index contributed by atoms with van der Waals surface area (Å²) in [6.07, 6.45) is 7.78. The van der Waals surface area contributed by atoms with Crippen LogP contribution in [0.3, 0.4) is 0 Å². The second-order valence-electron chi connectivity index (χ2n) is 10.5. The Morgan fingerprint density at radius 2 is 1.94 bits per heavy atom. The van der Waals surface area contributed by atoms with Gasteiger partial charge >= 0.3 is 5.95 Å². The van der Waals surface area contributed by atoms with Crippen LogP contribution >= 0.6 is 0 Å². The molecule has 18 heteroatoms. The van der Waals surface area contributed by atoms with Crippen molar-refractivity contribution < 1.29 is 10.0 Å². The molecule has 2 aliphatic rings. The molecule has 8 nitrogen and oxygen atoms in total. The van der Waals surface area contributed by atoms with Crippen LogP contribution in [0.25, 0.3) is 0 Å². The fraction of sp³-hybridized carbons (Fsp3) is 0.769. The fourth-order valence-electron chi connectivity index (χ4n) is 5.66. The number of aromatic nitrogens is 2. The lowest BCUT2D eigenvalue weighted by molar-refractivity contribution is -0.397. The molecule has 0 bridgehead atoms. The molecule has 1 aromatic heterocycles. The molecular weight excluding hydrogens is 382 g/mol. The number of imidazole rings is 1. The first-order chi connectivity index (χ1) is 14.7. The zero-order chi connectivity index (χ0) is 22.7. The summed E-state index contributed by atoms with van der Waals surface area (Å²) >= 11 is 0. The van der Waals surface area contributed by atoms with E-state index in [2.05, 4.69) is 53.5 Å². The van der Waals surface area contributed by atoms with Crippen LogP contribution in [0.4, 0.5) is 5.95 Å². The second-order valence-corrected chi connectivity index (χ2v) is 10.5. The summed E-state index contributed by atoms with van der Waals surface area (Å²) in [6.45, 7) is 5.68. The van der Waals surface area contributed by atoms with Crippen LogP contribution in [-0.2, 0) is 6.54 Å². The minimum atomic E-state index is -0.654. The highest BCUT2D eigenvalue weighted by Gasteiger charge is 2.50. The summed E-state index contributed by atoms with van der Waals surface area (Å²) < 4.78 is 1.42. The highest BCUT2D eigenvalue weighted by molar-refractivity contribution is 8.01. The molecule has 1 N–H and O–H groups in total. The van der Waals surface area contributed by atoms with Gasteiger partial charge in [0.25, 0.3) is 0 Å². The molecule has 2 atom stereocenters. The molecule has 0 aliphatic carbocycles. The molecule has 156 valence electrons. The first kappa shape index (κ1) is 24.8. The summed E-state index contributed by atoms with van der Waals surface area (Å²) in [5, 5.41) is 21.5. The van der Waals surface area contributed by atoms with Crippen molar-refractivity contribution in [3.05, 3.63) is 22.5 Å². The second kappa shape index (κ2) is 10.8. The topological polar surface area (TPSA) is 87.7 Å². The predicted molar refractivity (Wildman–Crippen MR) is 148 cm³/mol. The van der Waals surface area contributed by atoms with E-state index < -0.39 is 11.0 Å². The van der Waals surface area contributed by atoms with Crippen LogP contribution in [0.1, 0.15) is 6.42 Å². The van der Waals surface area contributed by atoms with Crippen LogP contribution in [0, 0.1) is 10.1 Å². The molecule has 2 aliphatic heterocycles. The third kappa shape index (κ3) is 6.57. The van der Waals surface area contributed by atoms with Crippen molar-refractivity contribution in [1.82, 2.24) is 19.4 Å². The predicted octanol–water partition coefficient (Wildman–Crippen LogP) is -6.06. The normalized spacial score (nSPS) is 20.3. The Morgan fingerprint density at radius 3 is 2.58 bits per heavy atom. The number of hydrogen-bond acceptors (Lipinski definition) is 6. The summed E-state index contributed by atoms with van der Waals surface area (Å²) in [7, 11) is 11.9. The Labute approximate surface area is 192 Å². The Balaban J connectivity index is 1.47. The number of hydrogen-bond donors (Lipinski definition) is 1. The first-order valence-corrected chi connectivity index (χ1v) is 12.0. The number of aliphatic hydroxyl groups excluding tert-OH is 1. The highest BCUT2D eigenvalue weighted by atomic mass is 16.6. The molecule has 3 heterocycles. The monoisotopic (exact) mass is 415 g/mol.